The molecule has 0 aliphatic carbocycles. The molecule has 0 atom stereocenters. The van der Waals surface area contributed by atoms with Crippen molar-refractivity contribution >= 4 is 5.97 Å². The average Bonchev–Trinajstić information content (AvgIpc) is 2.28. The number of piperidine rings is 1. The molecule has 6 heteroatoms. The van der Waals surface area contributed by atoms with Crippen LogP contribution in [0, 0.1) is 5.92 Å². The summed E-state index contributed by atoms with van der Waals surface area (Å²) in [6.07, 6.45) is 2.81. The predicted molar refractivity (Wildman–Crippen MR) is 65.8 cm³/mol. The summed E-state index contributed by atoms with van der Waals surface area (Å²) in [5, 5.41) is 0. The lowest BCUT2D eigenvalue weighted by molar-refractivity contribution is -0.151. The first-order valence-corrected chi connectivity index (χ1v) is 6.14. The van der Waals surface area contributed by atoms with E-state index in [0.717, 1.165) is 32.1 Å². The molecule has 0 amide bonds. The molecule has 0 aromatic heterocycles. The number of likely N-dealkylation sites (tertiary alicyclic amines) is 1. The highest BCUT2D eigenvalue weighted by Crippen LogP contribution is 2.17. The first-order chi connectivity index (χ1) is 8.11. The fourth-order valence-electron chi connectivity index (χ4n) is 2.28. The minimum atomic E-state index is -0.303. The molecule has 0 spiro atoms. The normalized spacial score (nSPS) is 18.6. The smallest absolute Gasteiger partial charge is 0.327 e. The van der Waals surface area contributed by atoms with Crippen LogP contribution < -0.4 is 11.4 Å². The minimum Gasteiger partial charge on any atom is -0.356 e. The molecule has 17 heavy (non-hydrogen) atoms. The molecule has 1 aliphatic heterocycles. The molecular weight excluding hydrogens is 220 g/mol. The number of carbonyl (C=O) groups is 1. The van der Waals surface area contributed by atoms with Crippen LogP contribution in [0.25, 0.3) is 0 Å². The van der Waals surface area contributed by atoms with Gasteiger partial charge in [0.15, 0.2) is 0 Å². The number of nitrogens with two attached hydrogens (primary N) is 1. The van der Waals surface area contributed by atoms with Gasteiger partial charge in [-0.25, -0.2) is 5.84 Å². The summed E-state index contributed by atoms with van der Waals surface area (Å²) >= 11 is 0. The number of carbonyl (C=O) groups excluding carboxylic acids is 1. The van der Waals surface area contributed by atoms with Gasteiger partial charge in [-0.3, -0.25) is 4.79 Å². The number of rotatable bonds is 6. The third-order valence-electron chi connectivity index (χ3n) is 3.14. The van der Waals surface area contributed by atoms with Gasteiger partial charge in [0.1, 0.15) is 0 Å². The number of nitrogens with zero attached hydrogens (tertiary/aromatic N) is 2. The van der Waals surface area contributed by atoms with Gasteiger partial charge < -0.3 is 14.6 Å². The van der Waals surface area contributed by atoms with Crippen LogP contribution in [-0.2, 0) is 9.63 Å². The molecule has 6 nitrogen and oxygen atoms in total. The van der Waals surface area contributed by atoms with Gasteiger partial charge in [0.2, 0.25) is 0 Å². The van der Waals surface area contributed by atoms with E-state index in [-0.39, 0.29) is 5.97 Å². The lowest BCUT2D eigenvalue weighted by Crippen LogP contribution is -2.38. The number of hydrogen-bond donors (Lipinski definition) is 2. The molecule has 100 valence electrons. The second-order valence-electron chi connectivity index (χ2n) is 4.89. The Kier molecular flexibility index (Phi) is 6.43. The summed E-state index contributed by atoms with van der Waals surface area (Å²) in [5.41, 5.74) is 1.91. The zero-order valence-corrected chi connectivity index (χ0v) is 10.8. The van der Waals surface area contributed by atoms with Gasteiger partial charge in [0, 0.05) is 13.1 Å². The van der Waals surface area contributed by atoms with E-state index in [0.29, 0.717) is 6.42 Å². The van der Waals surface area contributed by atoms with Crippen LogP contribution in [-0.4, -0.2) is 56.0 Å². The van der Waals surface area contributed by atoms with E-state index >= 15 is 0 Å². The highest BCUT2D eigenvalue weighted by atomic mass is 16.7. The fourth-order valence-corrected chi connectivity index (χ4v) is 2.28. The van der Waals surface area contributed by atoms with Gasteiger partial charge in [-0.2, -0.15) is 0 Å². The zero-order chi connectivity index (χ0) is 12.7. The lowest BCUT2D eigenvalue weighted by atomic mass is 9.96. The fraction of sp³-hybridized carbons (Fsp3) is 0.909. The van der Waals surface area contributed by atoms with Crippen LogP contribution >= 0.6 is 0 Å². The maximum atomic E-state index is 11.1. The van der Waals surface area contributed by atoms with Crippen molar-refractivity contribution in [3.63, 3.8) is 0 Å². The lowest BCUT2D eigenvalue weighted by Gasteiger charge is -2.32. The summed E-state index contributed by atoms with van der Waals surface area (Å²) in [6, 6.07) is 0. The predicted octanol–water partition coefficient (Wildman–Crippen LogP) is -0.428. The van der Waals surface area contributed by atoms with Crippen molar-refractivity contribution in [2.45, 2.75) is 19.3 Å². The molecule has 0 aromatic carbocycles. The molecule has 1 fully saturated rings. The molecule has 1 saturated heterocycles. The molecule has 1 aliphatic rings. The van der Waals surface area contributed by atoms with Crippen molar-refractivity contribution in [2.75, 3.05) is 40.3 Å². The zero-order valence-electron chi connectivity index (χ0n) is 10.8. The Morgan fingerprint density at radius 3 is 2.65 bits per heavy atom. The van der Waals surface area contributed by atoms with Crippen molar-refractivity contribution in [1.29, 1.82) is 0 Å². The number of hydrazine groups is 1. The molecule has 0 aromatic rings. The SMILES string of the molecule is CN(C)CC1CCN(CCC(=O)ONN)CC1. The van der Waals surface area contributed by atoms with E-state index in [1.807, 2.05) is 5.59 Å². The van der Waals surface area contributed by atoms with Gasteiger partial charge >= 0.3 is 5.97 Å². The van der Waals surface area contributed by atoms with Gasteiger partial charge in [0.25, 0.3) is 0 Å². The van der Waals surface area contributed by atoms with E-state index in [2.05, 4.69) is 28.7 Å². The molecule has 0 saturated carbocycles. The maximum Gasteiger partial charge on any atom is 0.327 e. The van der Waals surface area contributed by atoms with Crippen LogP contribution in [0.15, 0.2) is 0 Å². The van der Waals surface area contributed by atoms with E-state index in [4.69, 9.17) is 5.84 Å². The third kappa shape index (κ3) is 5.97. The Morgan fingerprint density at radius 1 is 1.47 bits per heavy atom. The first-order valence-electron chi connectivity index (χ1n) is 6.14. The van der Waals surface area contributed by atoms with Gasteiger partial charge in [0.05, 0.1) is 6.42 Å². The van der Waals surface area contributed by atoms with Crippen molar-refractivity contribution in [2.24, 2.45) is 11.8 Å². The molecule has 0 unspecified atom stereocenters. The second-order valence-corrected chi connectivity index (χ2v) is 4.89. The van der Waals surface area contributed by atoms with Gasteiger partial charge in [-0.15, -0.1) is 0 Å². The number of nitrogens with one attached hydrogen (secondary N) is 1. The van der Waals surface area contributed by atoms with Crippen molar-refractivity contribution in [1.82, 2.24) is 15.4 Å². The third-order valence-corrected chi connectivity index (χ3v) is 3.14. The Hall–Kier alpha value is -0.690. The molecule has 0 bridgehead atoms. The second kappa shape index (κ2) is 7.60. The van der Waals surface area contributed by atoms with Crippen LogP contribution in [0.4, 0.5) is 0 Å². The Bertz CT molecular complexity index is 228. The Morgan fingerprint density at radius 2 is 2.12 bits per heavy atom. The quantitative estimate of drug-likeness (QED) is 0.488. The maximum absolute atomic E-state index is 11.1. The van der Waals surface area contributed by atoms with Crippen molar-refractivity contribution < 1.29 is 9.63 Å². The van der Waals surface area contributed by atoms with Crippen LogP contribution in [0.2, 0.25) is 0 Å². The largest absolute Gasteiger partial charge is 0.356 e. The summed E-state index contributed by atoms with van der Waals surface area (Å²) < 4.78 is 0. The summed E-state index contributed by atoms with van der Waals surface area (Å²) in [7, 11) is 4.23. The first kappa shape index (κ1) is 14.4. The highest BCUT2D eigenvalue weighted by Gasteiger charge is 2.20. The van der Waals surface area contributed by atoms with Gasteiger partial charge in [-0.1, -0.05) is 5.59 Å². The van der Waals surface area contributed by atoms with Crippen LogP contribution in [0.3, 0.4) is 0 Å². The molecule has 1 rings (SSSR count). The highest BCUT2D eigenvalue weighted by molar-refractivity contribution is 5.69. The van der Waals surface area contributed by atoms with Crippen molar-refractivity contribution in [3.8, 4) is 0 Å². The van der Waals surface area contributed by atoms with Crippen LogP contribution in [0.1, 0.15) is 19.3 Å². The molecular formula is C11H24N4O2. The van der Waals surface area contributed by atoms with E-state index < -0.39 is 0 Å². The summed E-state index contributed by atoms with van der Waals surface area (Å²) in [4.78, 5) is 20.1. The Balaban J connectivity index is 2.12. The van der Waals surface area contributed by atoms with Gasteiger partial charge in [-0.05, 0) is 45.9 Å². The van der Waals surface area contributed by atoms with E-state index in [1.54, 1.807) is 0 Å². The average molecular weight is 244 g/mol. The Labute approximate surface area is 103 Å². The summed E-state index contributed by atoms with van der Waals surface area (Å²) in [6.45, 7) is 4.06. The van der Waals surface area contributed by atoms with Crippen molar-refractivity contribution in [3.05, 3.63) is 0 Å². The summed E-state index contributed by atoms with van der Waals surface area (Å²) in [5.74, 6) is 5.38. The standard InChI is InChI=1S/C11H24N4O2/c1-14(2)9-10-3-6-15(7-4-10)8-5-11(16)17-13-12/h10,13H,3-9,12H2,1-2H3. The van der Waals surface area contributed by atoms with E-state index in [1.165, 1.54) is 12.8 Å². The monoisotopic (exact) mass is 244 g/mol. The van der Waals surface area contributed by atoms with E-state index in [9.17, 15) is 4.79 Å². The molecule has 0 radical (unpaired) electrons. The molecule has 1 heterocycles. The molecule has 3 N–H and O–H groups in total. The topological polar surface area (TPSA) is 70.8 Å². The van der Waals surface area contributed by atoms with Crippen LogP contribution in [0.5, 0.6) is 0 Å². The number of hydrogen-bond acceptors (Lipinski definition) is 6. The minimum absolute atomic E-state index is 0.303.